The average Bonchev–Trinajstić information content (AvgIpc) is 2.27. The summed E-state index contributed by atoms with van der Waals surface area (Å²) in [4.78, 5) is 9.48. The maximum Gasteiger partial charge on any atom is 0.291 e. The van der Waals surface area contributed by atoms with E-state index in [9.17, 15) is 18.5 Å². The van der Waals surface area contributed by atoms with Gasteiger partial charge in [-0.15, -0.1) is 0 Å². The summed E-state index contributed by atoms with van der Waals surface area (Å²) in [6, 6.07) is 3.63. The first-order valence-electron chi connectivity index (χ1n) is 4.90. The minimum absolute atomic E-state index is 0.421. The number of nitro benzene ring substituents is 1. The van der Waals surface area contributed by atoms with Gasteiger partial charge in [0.2, 0.25) is 10.0 Å². The molecular formula is C9H13N3O5S. The van der Waals surface area contributed by atoms with Crippen molar-refractivity contribution in [2.45, 2.75) is 4.90 Å². The van der Waals surface area contributed by atoms with Gasteiger partial charge in [0.25, 0.3) is 5.69 Å². The first-order chi connectivity index (χ1) is 8.36. The maximum atomic E-state index is 11.2. The Morgan fingerprint density at radius 2 is 2.17 bits per heavy atom. The van der Waals surface area contributed by atoms with E-state index in [2.05, 4.69) is 5.32 Å². The van der Waals surface area contributed by atoms with Gasteiger partial charge < -0.3 is 10.1 Å². The van der Waals surface area contributed by atoms with E-state index >= 15 is 0 Å². The van der Waals surface area contributed by atoms with Gasteiger partial charge in [-0.05, 0) is 12.1 Å². The molecule has 0 atom stereocenters. The predicted octanol–water partition coefficient (Wildman–Crippen LogP) is 0.301. The molecule has 8 nitrogen and oxygen atoms in total. The number of benzene rings is 1. The van der Waals surface area contributed by atoms with E-state index in [1.807, 2.05) is 0 Å². The van der Waals surface area contributed by atoms with Crippen molar-refractivity contribution in [1.82, 2.24) is 0 Å². The number of rotatable bonds is 6. The van der Waals surface area contributed by atoms with Crippen LogP contribution in [0.2, 0.25) is 0 Å². The van der Waals surface area contributed by atoms with E-state index in [-0.39, 0.29) is 0 Å². The number of nitrogens with one attached hydrogen (secondary N) is 1. The fourth-order valence-electron chi connectivity index (χ4n) is 1.31. The van der Waals surface area contributed by atoms with Gasteiger partial charge in [-0.1, -0.05) is 0 Å². The molecule has 9 heteroatoms. The highest BCUT2D eigenvalue weighted by Gasteiger charge is 2.22. The SMILES string of the molecule is COCCNc1ccc(S(N)(=O)=O)c([N+](=O)[O-])c1. The summed E-state index contributed by atoms with van der Waals surface area (Å²) in [7, 11) is -2.59. The van der Waals surface area contributed by atoms with Crippen LogP contribution < -0.4 is 10.5 Å². The molecule has 3 N–H and O–H groups in total. The number of ether oxygens (including phenoxy) is 1. The van der Waals surface area contributed by atoms with Crippen molar-refractivity contribution in [3.63, 3.8) is 0 Å². The molecule has 0 bridgehead atoms. The lowest BCUT2D eigenvalue weighted by atomic mass is 10.3. The second-order valence-corrected chi connectivity index (χ2v) is 4.93. The summed E-state index contributed by atoms with van der Waals surface area (Å²) in [6.45, 7) is 0.868. The molecule has 0 aliphatic heterocycles. The van der Waals surface area contributed by atoms with Crippen LogP contribution >= 0.6 is 0 Å². The van der Waals surface area contributed by atoms with Crippen LogP contribution in [-0.2, 0) is 14.8 Å². The second kappa shape index (κ2) is 5.76. The molecular weight excluding hydrogens is 262 g/mol. The normalized spacial score (nSPS) is 11.2. The highest BCUT2D eigenvalue weighted by molar-refractivity contribution is 7.89. The number of nitrogens with two attached hydrogens (primary N) is 1. The molecule has 0 spiro atoms. The Bertz CT molecular complexity index is 543. The van der Waals surface area contributed by atoms with Crippen molar-refractivity contribution in [2.24, 2.45) is 5.14 Å². The number of nitrogens with zero attached hydrogens (tertiary/aromatic N) is 1. The van der Waals surface area contributed by atoms with Crippen LogP contribution in [0.15, 0.2) is 23.1 Å². The van der Waals surface area contributed by atoms with Crippen molar-refractivity contribution < 1.29 is 18.1 Å². The monoisotopic (exact) mass is 275 g/mol. The van der Waals surface area contributed by atoms with Crippen molar-refractivity contribution in [3.8, 4) is 0 Å². The summed E-state index contributed by atoms with van der Waals surface area (Å²) in [5.41, 5.74) is -0.133. The Morgan fingerprint density at radius 3 is 2.67 bits per heavy atom. The highest BCUT2D eigenvalue weighted by Crippen LogP contribution is 2.26. The molecule has 0 aliphatic rings. The Balaban J connectivity index is 3.08. The van der Waals surface area contributed by atoms with Gasteiger partial charge in [0.15, 0.2) is 4.90 Å². The van der Waals surface area contributed by atoms with Crippen LogP contribution in [0.5, 0.6) is 0 Å². The number of hydrogen-bond donors (Lipinski definition) is 2. The zero-order chi connectivity index (χ0) is 13.8. The lowest BCUT2D eigenvalue weighted by Gasteiger charge is -2.07. The van der Waals surface area contributed by atoms with Crippen molar-refractivity contribution in [1.29, 1.82) is 0 Å². The van der Waals surface area contributed by atoms with Crippen LogP contribution in [0.1, 0.15) is 0 Å². The molecule has 0 heterocycles. The van der Waals surface area contributed by atoms with Crippen LogP contribution in [0.3, 0.4) is 0 Å². The highest BCUT2D eigenvalue weighted by atomic mass is 32.2. The van der Waals surface area contributed by atoms with Gasteiger partial charge in [0.05, 0.1) is 11.5 Å². The molecule has 1 rings (SSSR count). The number of primary sulfonamides is 1. The molecule has 1 aromatic carbocycles. The summed E-state index contributed by atoms with van der Waals surface area (Å²) in [6.07, 6.45) is 0. The predicted molar refractivity (Wildman–Crippen MR) is 64.8 cm³/mol. The Hall–Kier alpha value is -1.71. The maximum absolute atomic E-state index is 11.2. The molecule has 0 aromatic heterocycles. The van der Waals surface area contributed by atoms with Crippen LogP contribution in [0, 0.1) is 10.1 Å². The molecule has 0 fully saturated rings. The Morgan fingerprint density at radius 1 is 1.50 bits per heavy atom. The van der Waals surface area contributed by atoms with Crippen LogP contribution in [-0.4, -0.2) is 33.6 Å². The average molecular weight is 275 g/mol. The number of anilines is 1. The molecule has 100 valence electrons. The largest absolute Gasteiger partial charge is 0.383 e. The van der Waals surface area contributed by atoms with E-state index in [0.717, 1.165) is 12.1 Å². The molecule has 1 aromatic rings. The van der Waals surface area contributed by atoms with Crippen molar-refractivity contribution >= 4 is 21.4 Å². The zero-order valence-corrected chi connectivity index (χ0v) is 10.4. The standard InChI is InChI=1S/C9H13N3O5S/c1-17-5-4-11-7-2-3-9(18(10,15)16)8(6-7)12(13)14/h2-3,6,11H,4-5H2,1H3,(H2,10,15,16). The first-order valence-corrected chi connectivity index (χ1v) is 6.45. The number of sulfonamides is 1. The van der Waals surface area contributed by atoms with Crippen LogP contribution in [0.4, 0.5) is 11.4 Å². The minimum atomic E-state index is -4.11. The molecule has 0 saturated carbocycles. The van der Waals surface area contributed by atoms with Gasteiger partial charge in [0, 0.05) is 25.4 Å². The summed E-state index contributed by atoms with van der Waals surface area (Å²) >= 11 is 0. The number of nitro groups is 1. The molecule has 18 heavy (non-hydrogen) atoms. The van der Waals surface area contributed by atoms with E-state index in [0.29, 0.717) is 18.8 Å². The summed E-state index contributed by atoms with van der Waals surface area (Å²) < 4.78 is 27.1. The smallest absolute Gasteiger partial charge is 0.291 e. The number of methoxy groups -OCH3 is 1. The molecule has 0 unspecified atom stereocenters. The second-order valence-electron chi connectivity index (χ2n) is 3.40. The molecule has 0 radical (unpaired) electrons. The van der Waals surface area contributed by atoms with E-state index < -0.39 is 25.5 Å². The summed E-state index contributed by atoms with van der Waals surface area (Å²) in [5, 5.41) is 18.5. The fraction of sp³-hybridized carbons (Fsp3) is 0.333. The zero-order valence-electron chi connectivity index (χ0n) is 9.62. The lowest BCUT2D eigenvalue weighted by molar-refractivity contribution is -0.387. The van der Waals surface area contributed by atoms with E-state index in [1.165, 1.54) is 13.2 Å². The topological polar surface area (TPSA) is 125 Å². The van der Waals surface area contributed by atoms with Gasteiger partial charge in [-0.3, -0.25) is 10.1 Å². The van der Waals surface area contributed by atoms with Gasteiger partial charge in [-0.25, -0.2) is 13.6 Å². The van der Waals surface area contributed by atoms with Crippen LogP contribution in [0.25, 0.3) is 0 Å². The van der Waals surface area contributed by atoms with E-state index in [4.69, 9.17) is 9.88 Å². The van der Waals surface area contributed by atoms with Gasteiger partial charge in [-0.2, -0.15) is 0 Å². The molecule has 0 saturated heterocycles. The third-order valence-corrected chi connectivity index (χ3v) is 3.06. The van der Waals surface area contributed by atoms with Crippen molar-refractivity contribution in [2.75, 3.05) is 25.6 Å². The summed E-state index contributed by atoms with van der Waals surface area (Å²) in [5.74, 6) is 0. The van der Waals surface area contributed by atoms with E-state index in [1.54, 1.807) is 0 Å². The third kappa shape index (κ3) is 3.65. The van der Waals surface area contributed by atoms with Crippen molar-refractivity contribution in [3.05, 3.63) is 28.3 Å². The Kier molecular flexibility index (Phi) is 4.59. The Labute approximate surface area is 104 Å². The number of hydrogen-bond acceptors (Lipinski definition) is 6. The fourth-order valence-corrected chi connectivity index (χ4v) is 1.99. The third-order valence-electron chi connectivity index (χ3n) is 2.10. The lowest BCUT2D eigenvalue weighted by Crippen LogP contribution is -2.15. The van der Waals surface area contributed by atoms with Gasteiger partial charge >= 0.3 is 0 Å². The van der Waals surface area contributed by atoms with Gasteiger partial charge in [0.1, 0.15) is 0 Å². The quantitative estimate of drug-likeness (QED) is 0.437. The molecule has 0 aliphatic carbocycles. The minimum Gasteiger partial charge on any atom is -0.383 e. The molecule has 0 amide bonds. The first kappa shape index (κ1) is 14.4.